The maximum absolute atomic E-state index is 12.8. The zero-order chi connectivity index (χ0) is 17.1. The number of aliphatic hydroxyl groups is 1. The van der Waals surface area contributed by atoms with Gasteiger partial charge in [-0.2, -0.15) is 13.2 Å². The van der Waals surface area contributed by atoms with E-state index in [4.69, 9.17) is 4.74 Å². The van der Waals surface area contributed by atoms with Crippen LogP contribution in [-0.2, 0) is 6.18 Å². The zero-order valence-electron chi connectivity index (χ0n) is 13.6. The van der Waals surface area contributed by atoms with Crippen LogP contribution in [0, 0.1) is 0 Å². The molecule has 0 spiro atoms. The number of nitrogens with zero attached hydrogens (tertiary/aromatic N) is 1. The highest BCUT2D eigenvalue weighted by atomic mass is 19.4. The smallest absolute Gasteiger partial charge is 0.416 e. The van der Waals surface area contributed by atoms with Gasteiger partial charge in [-0.15, -0.1) is 0 Å². The topological polar surface area (TPSA) is 32.7 Å². The van der Waals surface area contributed by atoms with Gasteiger partial charge in [-0.05, 0) is 45.1 Å². The molecule has 0 heterocycles. The highest BCUT2D eigenvalue weighted by molar-refractivity contribution is 5.30. The molecular formula is C17H24F3NO2. The van der Waals surface area contributed by atoms with Crippen molar-refractivity contribution in [1.29, 1.82) is 0 Å². The Labute approximate surface area is 135 Å². The third-order valence-electron chi connectivity index (χ3n) is 4.29. The lowest BCUT2D eigenvalue weighted by atomic mass is 9.80. The highest BCUT2D eigenvalue weighted by Gasteiger charge is 2.40. The number of hydrogen-bond acceptors (Lipinski definition) is 3. The number of ether oxygens (including phenoxy) is 1. The van der Waals surface area contributed by atoms with Gasteiger partial charge in [-0.1, -0.05) is 25.3 Å². The largest absolute Gasteiger partial charge is 0.486 e. The first-order chi connectivity index (χ1) is 10.7. The first-order valence-electron chi connectivity index (χ1n) is 7.92. The molecule has 1 saturated carbocycles. The lowest BCUT2D eigenvalue weighted by Crippen LogP contribution is -2.51. The lowest BCUT2D eigenvalue weighted by Gasteiger charge is -2.40. The minimum Gasteiger partial charge on any atom is -0.486 e. The maximum atomic E-state index is 12.8. The SMILES string of the molecule is CN(C)CC(Oc1cccc(C(F)(F)F)c1)C1(O)CCCCC1. The summed E-state index contributed by atoms with van der Waals surface area (Å²) in [5, 5.41) is 10.9. The molecule has 23 heavy (non-hydrogen) atoms. The highest BCUT2D eigenvalue weighted by Crippen LogP contribution is 2.35. The molecule has 6 heteroatoms. The summed E-state index contributed by atoms with van der Waals surface area (Å²) in [7, 11) is 3.71. The van der Waals surface area contributed by atoms with Crippen molar-refractivity contribution in [3.8, 4) is 5.75 Å². The van der Waals surface area contributed by atoms with E-state index >= 15 is 0 Å². The Hall–Kier alpha value is -1.27. The average Bonchev–Trinajstić information content (AvgIpc) is 2.46. The summed E-state index contributed by atoms with van der Waals surface area (Å²) < 4.78 is 44.3. The molecule has 130 valence electrons. The first-order valence-corrected chi connectivity index (χ1v) is 7.92. The Morgan fingerprint density at radius 2 is 1.87 bits per heavy atom. The number of benzene rings is 1. The van der Waals surface area contributed by atoms with Crippen LogP contribution in [0.2, 0.25) is 0 Å². The van der Waals surface area contributed by atoms with Crippen molar-refractivity contribution in [2.24, 2.45) is 0 Å². The third-order valence-corrected chi connectivity index (χ3v) is 4.29. The first kappa shape index (κ1) is 18.1. The lowest BCUT2D eigenvalue weighted by molar-refractivity contribution is -0.137. The van der Waals surface area contributed by atoms with Gasteiger partial charge >= 0.3 is 6.18 Å². The molecule has 1 fully saturated rings. The van der Waals surface area contributed by atoms with Crippen molar-refractivity contribution >= 4 is 0 Å². The quantitative estimate of drug-likeness (QED) is 0.893. The van der Waals surface area contributed by atoms with Crippen molar-refractivity contribution in [2.75, 3.05) is 20.6 Å². The molecule has 1 unspecified atom stereocenters. The van der Waals surface area contributed by atoms with Crippen LogP contribution in [0.3, 0.4) is 0 Å². The number of alkyl halides is 3. The Morgan fingerprint density at radius 3 is 2.43 bits per heavy atom. The van der Waals surface area contributed by atoms with Gasteiger partial charge in [0.25, 0.3) is 0 Å². The van der Waals surface area contributed by atoms with E-state index in [-0.39, 0.29) is 5.75 Å². The predicted octanol–water partition coefficient (Wildman–Crippen LogP) is 3.71. The second-order valence-electron chi connectivity index (χ2n) is 6.56. The minimum absolute atomic E-state index is 0.144. The second kappa shape index (κ2) is 7.09. The summed E-state index contributed by atoms with van der Waals surface area (Å²) in [5.41, 5.74) is -1.73. The summed E-state index contributed by atoms with van der Waals surface area (Å²) in [5.74, 6) is 0.144. The molecule has 0 radical (unpaired) electrons. The van der Waals surface area contributed by atoms with Crippen LogP contribution in [0.4, 0.5) is 13.2 Å². The van der Waals surface area contributed by atoms with Gasteiger partial charge in [0.05, 0.1) is 5.56 Å². The van der Waals surface area contributed by atoms with Crippen LogP contribution in [0.25, 0.3) is 0 Å². The molecule has 1 aromatic rings. The summed E-state index contributed by atoms with van der Waals surface area (Å²) in [6.45, 7) is 0.451. The van der Waals surface area contributed by atoms with Gasteiger partial charge in [-0.3, -0.25) is 0 Å². The predicted molar refractivity (Wildman–Crippen MR) is 82.4 cm³/mol. The minimum atomic E-state index is -4.40. The Balaban J connectivity index is 2.20. The van der Waals surface area contributed by atoms with Gasteiger partial charge in [0.2, 0.25) is 0 Å². The second-order valence-corrected chi connectivity index (χ2v) is 6.56. The third kappa shape index (κ3) is 4.85. The van der Waals surface area contributed by atoms with Gasteiger partial charge in [0, 0.05) is 6.54 Å². The molecule has 3 nitrogen and oxygen atoms in total. The van der Waals surface area contributed by atoms with Crippen molar-refractivity contribution in [3.63, 3.8) is 0 Å². The van der Waals surface area contributed by atoms with E-state index in [9.17, 15) is 18.3 Å². The fraction of sp³-hybridized carbons (Fsp3) is 0.647. The van der Waals surface area contributed by atoms with Crippen molar-refractivity contribution in [3.05, 3.63) is 29.8 Å². The summed E-state index contributed by atoms with van der Waals surface area (Å²) >= 11 is 0. The molecular weight excluding hydrogens is 307 g/mol. The fourth-order valence-corrected chi connectivity index (χ4v) is 3.04. The van der Waals surface area contributed by atoms with Crippen LogP contribution in [0.5, 0.6) is 5.75 Å². The zero-order valence-corrected chi connectivity index (χ0v) is 13.6. The van der Waals surface area contributed by atoms with Gasteiger partial charge < -0.3 is 14.7 Å². The number of likely N-dealkylation sites (N-methyl/N-ethyl adjacent to an activating group) is 1. The summed E-state index contributed by atoms with van der Waals surface area (Å²) in [6.07, 6.45) is -0.840. The van der Waals surface area contributed by atoms with Crippen LogP contribution in [0.15, 0.2) is 24.3 Å². The standard InChI is InChI=1S/C17H24F3NO2/c1-21(2)12-15(16(22)9-4-3-5-10-16)23-14-8-6-7-13(11-14)17(18,19)20/h6-8,11,15,22H,3-5,9-10,12H2,1-2H3. The van der Waals surface area contributed by atoms with E-state index < -0.39 is 23.4 Å². The molecule has 0 amide bonds. The average molecular weight is 331 g/mol. The van der Waals surface area contributed by atoms with Gasteiger partial charge in [0.1, 0.15) is 17.5 Å². The molecule has 1 aromatic carbocycles. The van der Waals surface area contributed by atoms with E-state index in [1.165, 1.54) is 12.1 Å². The summed E-state index contributed by atoms with van der Waals surface area (Å²) in [4.78, 5) is 1.88. The van der Waals surface area contributed by atoms with E-state index in [0.29, 0.717) is 19.4 Å². The van der Waals surface area contributed by atoms with Crippen molar-refractivity contribution < 1.29 is 23.0 Å². The van der Waals surface area contributed by atoms with Crippen molar-refractivity contribution in [2.45, 2.75) is 50.0 Å². The van der Waals surface area contributed by atoms with Crippen LogP contribution < -0.4 is 4.74 Å². The number of hydrogen-bond donors (Lipinski definition) is 1. The Kier molecular flexibility index (Phi) is 5.57. The molecule has 1 N–H and O–H groups in total. The van der Waals surface area contributed by atoms with Crippen LogP contribution >= 0.6 is 0 Å². The van der Waals surface area contributed by atoms with E-state index in [0.717, 1.165) is 31.4 Å². The maximum Gasteiger partial charge on any atom is 0.416 e. The fourth-order valence-electron chi connectivity index (χ4n) is 3.04. The molecule has 1 aliphatic rings. The molecule has 0 bridgehead atoms. The molecule has 1 atom stereocenters. The Bertz CT molecular complexity index is 511. The van der Waals surface area contributed by atoms with Gasteiger partial charge in [-0.25, -0.2) is 0 Å². The molecule has 0 aliphatic heterocycles. The van der Waals surface area contributed by atoms with E-state index in [1.807, 2.05) is 19.0 Å². The monoisotopic (exact) mass is 331 g/mol. The van der Waals surface area contributed by atoms with Crippen molar-refractivity contribution in [1.82, 2.24) is 4.90 Å². The van der Waals surface area contributed by atoms with E-state index in [1.54, 1.807) is 0 Å². The van der Waals surface area contributed by atoms with E-state index in [2.05, 4.69) is 0 Å². The Morgan fingerprint density at radius 1 is 1.22 bits per heavy atom. The van der Waals surface area contributed by atoms with Crippen LogP contribution in [-0.4, -0.2) is 42.4 Å². The van der Waals surface area contributed by atoms with Gasteiger partial charge in [0.15, 0.2) is 0 Å². The molecule has 0 aromatic heterocycles. The molecule has 0 saturated heterocycles. The van der Waals surface area contributed by atoms with Crippen LogP contribution in [0.1, 0.15) is 37.7 Å². The summed E-state index contributed by atoms with van der Waals surface area (Å²) in [6, 6.07) is 4.85. The normalized spacial score (nSPS) is 19.6. The molecule has 2 rings (SSSR count). The number of rotatable bonds is 5. The molecule has 1 aliphatic carbocycles. The number of halogens is 3.